The van der Waals surface area contributed by atoms with E-state index in [2.05, 4.69) is 5.32 Å². The Morgan fingerprint density at radius 1 is 1.30 bits per heavy atom. The summed E-state index contributed by atoms with van der Waals surface area (Å²) < 4.78 is 37.5. The van der Waals surface area contributed by atoms with E-state index in [9.17, 15) is 22.8 Å². The molecular formula is C12H10ClF3N2O2. The van der Waals surface area contributed by atoms with Crippen molar-refractivity contribution in [3.8, 4) is 0 Å². The number of amides is 1. The highest BCUT2D eigenvalue weighted by molar-refractivity contribution is 6.52. The smallest absolute Gasteiger partial charge is 0.362 e. The van der Waals surface area contributed by atoms with E-state index in [-0.39, 0.29) is 28.5 Å². The summed E-state index contributed by atoms with van der Waals surface area (Å²) in [5, 5.41) is 2.30. The molecule has 0 fully saturated rings. The first-order chi connectivity index (χ1) is 9.23. The van der Waals surface area contributed by atoms with Crippen molar-refractivity contribution >= 4 is 34.7 Å². The molecule has 0 radical (unpaired) electrons. The minimum Gasteiger partial charge on any atom is -0.362 e. The number of Topliss-reactive ketones (excluding diaryl/α,β-unsaturated/α-hetero) is 1. The fourth-order valence-corrected chi connectivity index (χ4v) is 2.26. The molecule has 0 spiro atoms. The standard InChI is InChI=1S/C12H10ClF3N2O2/c1-2-18(5-12(14,15)16)9-4-8-6(3-7(9)13)10(19)11(20)17-8/h3-4H,2,5H2,1H3,(H,17,19,20). The maximum Gasteiger partial charge on any atom is 0.405 e. The van der Waals surface area contributed by atoms with Gasteiger partial charge >= 0.3 is 6.18 Å². The molecule has 1 aliphatic rings. The van der Waals surface area contributed by atoms with Crippen molar-refractivity contribution in [2.45, 2.75) is 13.1 Å². The van der Waals surface area contributed by atoms with Gasteiger partial charge in [-0.25, -0.2) is 0 Å². The predicted molar refractivity (Wildman–Crippen MR) is 68.4 cm³/mol. The molecule has 0 bridgehead atoms. The zero-order valence-corrected chi connectivity index (χ0v) is 11.1. The van der Waals surface area contributed by atoms with Crippen LogP contribution in [0.2, 0.25) is 5.02 Å². The van der Waals surface area contributed by atoms with Gasteiger partial charge in [-0.3, -0.25) is 9.59 Å². The van der Waals surface area contributed by atoms with E-state index in [0.29, 0.717) is 0 Å². The molecule has 1 aromatic carbocycles. The second-order valence-electron chi connectivity index (χ2n) is 4.26. The average molecular weight is 307 g/mol. The van der Waals surface area contributed by atoms with Crippen LogP contribution >= 0.6 is 11.6 Å². The van der Waals surface area contributed by atoms with Crippen molar-refractivity contribution in [3.63, 3.8) is 0 Å². The number of ketones is 1. The first-order valence-corrected chi connectivity index (χ1v) is 6.11. The number of alkyl halides is 3. The van der Waals surface area contributed by atoms with Crippen LogP contribution in [0.5, 0.6) is 0 Å². The SMILES string of the molecule is CCN(CC(F)(F)F)c1cc2c(cc1Cl)C(=O)C(=O)N2. The van der Waals surface area contributed by atoms with Gasteiger partial charge in [-0.2, -0.15) is 13.2 Å². The molecule has 0 saturated carbocycles. The second kappa shape index (κ2) is 4.97. The van der Waals surface area contributed by atoms with Crippen LogP contribution in [0.4, 0.5) is 24.5 Å². The van der Waals surface area contributed by atoms with Crippen molar-refractivity contribution < 1.29 is 22.8 Å². The van der Waals surface area contributed by atoms with E-state index in [1.54, 1.807) is 6.92 Å². The van der Waals surface area contributed by atoms with Crippen molar-refractivity contribution in [2.75, 3.05) is 23.3 Å². The number of nitrogens with zero attached hydrogens (tertiary/aromatic N) is 1. The van der Waals surface area contributed by atoms with Gasteiger partial charge in [0.05, 0.1) is 22.0 Å². The molecule has 0 aromatic heterocycles. The van der Waals surface area contributed by atoms with Crippen LogP contribution in [0, 0.1) is 0 Å². The monoisotopic (exact) mass is 306 g/mol. The van der Waals surface area contributed by atoms with E-state index in [1.807, 2.05) is 0 Å². The predicted octanol–water partition coefficient (Wildman–Crippen LogP) is 2.86. The molecule has 1 amide bonds. The van der Waals surface area contributed by atoms with Gasteiger partial charge in [-0.1, -0.05) is 11.6 Å². The van der Waals surface area contributed by atoms with Gasteiger partial charge in [-0.15, -0.1) is 0 Å². The Morgan fingerprint density at radius 3 is 2.50 bits per heavy atom. The Balaban J connectivity index is 2.41. The summed E-state index contributed by atoms with van der Waals surface area (Å²) in [6.45, 7) is 0.475. The Labute approximate surface area is 117 Å². The molecule has 4 nitrogen and oxygen atoms in total. The lowest BCUT2D eigenvalue weighted by Crippen LogP contribution is -2.34. The Morgan fingerprint density at radius 2 is 1.95 bits per heavy atom. The van der Waals surface area contributed by atoms with Gasteiger partial charge in [0.2, 0.25) is 0 Å². The van der Waals surface area contributed by atoms with Crippen LogP contribution in [0.15, 0.2) is 12.1 Å². The lowest BCUT2D eigenvalue weighted by molar-refractivity contribution is -0.119. The van der Waals surface area contributed by atoms with Gasteiger partial charge in [-0.05, 0) is 19.1 Å². The molecule has 20 heavy (non-hydrogen) atoms. The van der Waals surface area contributed by atoms with Crippen LogP contribution in [0.1, 0.15) is 17.3 Å². The number of fused-ring (bicyclic) bond motifs is 1. The third kappa shape index (κ3) is 2.72. The number of halogens is 4. The molecule has 1 aliphatic heterocycles. The van der Waals surface area contributed by atoms with Gasteiger partial charge in [0.15, 0.2) is 0 Å². The molecule has 1 N–H and O–H groups in total. The quantitative estimate of drug-likeness (QED) is 0.874. The molecule has 1 heterocycles. The summed E-state index contributed by atoms with van der Waals surface area (Å²) in [7, 11) is 0. The summed E-state index contributed by atoms with van der Waals surface area (Å²) >= 11 is 5.92. The number of hydrogen-bond donors (Lipinski definition) is 1. The Hall–Kier alpha value is -1.76. The van der Waals surface area contributed by atoms with Gasteiger partial charge in [0.25, 0.3) is 11.7 Å². The van der Waals surface area contributed by atoms with Crippen molar-refractivity contribution in [2.24, 2.45) is 0 Å². The second-order valence-corrected chi connectivity index (χ2v) is 4.67. The Bertz CT molecular complexity index is 587. The summed E-state index contributed by atoms with van der Waals surface area (Å²) in [6.07, 6.45) is -4.38. The third-order valence-electron chi connectivity index (χ3n) is 2.88. The van der Waals surface area contributed by atoms with Crippen molar-refractivity contribution in [1.82, 2.24) is 0 Å². The highest BCUT2D eigenvalue weighted by atomic mass is 35.5. The number of carbonyl (C=O) groups excluding carboxylic acids is 2. The van der Waals surface area contributed by atoms with Gasteiger partial charge in [0.1, 0.15) is 6.54 Å². The lowest BCUT2D eigenvalue weighted by Gasteiger charge is -2.25. The van der Waals surface area contributed by atoms with E-state index in [4.69, 9.17) is 11.6 Å². The molecule has 0 saturated heterocycles. The minimum atomic E-state index is -4.38. The molecule has 8 heteroatoms. The van der Waals surface area contributed by atoms with Crippen LogP contribution in [0.3, 0.4) is 0 Å². The highest BCUT2D eigenvalue weighted by Gasteiger charge is 2.33. The number of nitrogens with one attached hydrogen (secondary N) is 1. The summed E-state index contributed by atoms with van der Waals surface area (Å²) in [5.41, 5.74) is 0.382. The van der Waals surface area contributed by atoms with Gasteiger partial charge in [0, 0.05) is 6.54 Å². The highest BCUT2D eigenvalue weighted by Crippen LogP contribution is 2.36. The molecule has 2 rings (SSSR count). The fourth-order valence-electron chi connectivity index (χ4n) is 1.98. The van der Waals surface area contributed by atoms with Gasteiger partial charge < -0.3 is 10.2 Å². The molecule has 108 valence electrons. The largest absolute Gasteiger partial charge is 0.405 e. The lowest BCUT2D eigenvalue weighted by atomic mass is 10.1. The van der Waals surface area contributed by atoms with Crippen molar-refractivity contribution in [3.05, 3.63) is 22.7 Å². The maximum absolute atomic E-state index is 12.5. The molecule has 0 atom stereocenters. The molecular weight excluding hydrogens is 297 g/mol. The topological polar surface area (TPSA) is 49.4 Å². The van der Waals surface area contributed by atoms with Crippen LogP contribution in [0.25, 0.3) is 0 Å². The number of benzene rings is 1. The minimum absolute atomic E-state index is 0.000278. The molecule has 1 aromatic rings. The third-order valence-corrected chi connectivity index (χ3v) is 3.18. The van der Waals surface area contributed by atoms with E-state index in [1.165, 1.54) is 12.1 Å². The zero-order chi connectivity index (χ0) is 15.1. The average Bonchev–Trinajstić information content (AvgIpc) is 2.61. The maximum atomic E-state index is 12.5. The summed E-state index contributed by atoms with van der Waals surface area (Å²) in [5.74, 6) is -1.56. The number of carbonyl (C=O) groups is 2. The first-order valence-electron chi connectivity index (χ1n) is 5.74. The normalized spacial score (nSPS) is 14.2. The van der Waals surface area contributed by atoms with Crippen LogP contribution in [-0.4, -0.2) is 31.0 Å². The number of hydrogen-bond acceptors (Lipinski definition) is 3. The molecule has 0 aliphatic carbocycles. The zero-order valence-electron chi connectivity index (χ0n) is 10.3. The van der Waals surface area contributed by atoms with Crippen LogP contribution in [-0.2, 0) is 4.79 Å². The number of anilines is 2. The number of rotatable bonds is 3. The van der Waals surface area contributed by atoms with E-state index in [0.717, 1.165) is 4.90 Å². The first kappa shape index (κ1) is 14.6. The summed E-state index contributed by atoms with van der Waals surface area (Å²) in [6, 6.07) is 2.50. The summed E-state index contributed by atoms with van der Waals surface area (Å²) in [4.78, 5) is 23.7. The van der Waals surface area contributed by atoms with Crippen molar-refractivity contribution in [1.29, 1.82) is 0 Å². The molecule has 0 unspecified atom stereocenters. The van der Waals surface area contributed by atoms with E-state index >= 15 is 0 Å². The van der Waals surface area contributed by atoms with E-state index < -0.39 is 24.4 Å². The fraction of sp³-hybridized carbons (Fsp3) is 0.333. The van der Waals surface area contributed by atoms with Crippen LogP contribution < -0.4 is 10.2 Å². The Kier molecular flexibility index (Phi) is 3.64.